The number of carbonyl (C=O) groups is 1. The lowest BCUT2D eigenvalue weighted by atomic mass is 10.0. The summed E-state index contributed by atoms with van der Waals surface area (Å²) >= 11 is 0. The van der Waals surface area contributed by atoms with Gasteiger partial charge in [-0.3, -0.25) is 4.84 Å². The number of anilines is 1. The second-order valence-corrected chi connectivity index (χ2v) is 8.55. The van der Waals surface area contributed by atoms with Gasteiger partial charge in [0.1, 0.15) is 11.3 Å². The number of benzene rings is 3. The van der Waals surface area contributed by atoms with Crippen LogP contribution in [0.2, 0.25) is 0 Å². The molecule has 1 fully saturated rings. The van der Waals surface area contributed by atoms with Crippen LogP contribution >= 0.6 is 0 Å². The first-order valence-electron chi connectivity index (χ1n) is 11.4. The highest BCUT2D eigenvalue weighted by Gasteiger charge is 2.32. The van der Waals surface area contributed by atoms with Crippen molar-refractivity contribution in [1.29, 1.82) is 0 Å². The number of rotatable bonds is 5. The minimum Gasteiger partial charge on any atom is -0.495 e. The van der Waals surface area contributed by atoms with Crippen molar-refractivity contribution >= 4 is 22.8 Å². The Bertz CT molecular complexity index is 1320. The molecule has 4 aromatic rings. The molecule has 34 heavy (non-hydrogen) atoms. The number of methoxy groups -OCH3 is 1. The number of carbonyl (C=O) groups excluding carboxylic acids is 1. The summed E-state index contributed by atoms with van der Waals surface area (Å²) in [4.78, 5) is 18.9. The minimum atomic E-state index is -0.334. The fourth-order valence-corrected chi connectivity index (χ4v) is 4.30. The maximum absolute atomic E-state index is 13.2. The number of aromatic nitrogens is 3. The van der Waals surface area contributed by atoms with E-state index in [4.69, 9.17) is 9.57 Å². The van der Waals surface area contributed by atoms with E-state index in [1.165, 1.54) is 5.06 Å². The van der Waals surface area contributed by atoms with Gasteiger partial charge in [0.25, 0.3) is 0 Å². The average Bonchev–Trinajstić information content (AvgIpc) is 3.52. The smallest absolute Gasteiger partial charge is 0.346 e. The largest absolute Gasteiger partial charge is 0.495 e. The van der Waals surface area contributed by atoms with Gasteiger partial charge in [0.15, 0.2) is 0 Å². The van der Waals surface area contributed by atoms with Crippen LogP contribution < -0.4 is 10.1 Å². The molecular weight excluding hydrogens is 430 g/mol. The van der Waals surface area contributed by atoms with E-state index in [-0.39, 0.29) is 18.1 Å². The normalized spacial score (nSPS) is 15.8. The molecule has 8 heteroatoms. The van der Waals surface area contributed by atoms with Gasteiger partial charge in [-0.05, 0) is 54.8 Å². The van der Waals surface area contributed by atoms with Gasteiger partial charge in [0.05, 0.1) is 31.0 Å². The molecule has 5 rings (SSSR count). The van der Waals surface area contributed by atoms with Crippen molar-refractivity contribution in [3.8, 4) is 16.9 Å². The molecule has 1 aliphatic rings. The van der Waals surface area contributed by atoms with Crippen LogP contribution in [-0.2, 0) is 4.84 Å². The first-order chi connectivity index (χ1) is 16.5. The molecule has 1 saturated heterocycles. The third-order valence-electron chi connectivity index (χ3n) is 6.02. The lowest BCUT2D eigenvalue weighted by Gasteiger charge is -2.23. The SMILES string of the molecule is COc1ccc(-c2ccc3nnn(C(C)C)c3c2)cc1NC(=O)N1OCCC1c1ccccc1. The van der Waals surface area contributed by atoms with Crippen molar-refractivity contribution in [2.45, 2.75) is 32.4 Å². The van der Waals surface area contributed by atoms with Crippen LogP contribution in [0.1, 0.15) is 37.9 Å². The molecule has 0 saturated carbocycles. The number of amides is 2. The number of hydrogen-bond acceptors (Lipinski definition) is 5. The van der Waals surface area contributed by atoms with E-state index < -0.39 is 0 Å². The van der Waals surface area contributed by atoms with Gasteiger partial charge in [-0.2, -0.15) is 5.06 Å². The van der Waals surface area contributed by atoms with Crippen LogP contribution in [0.4, 0.5) is 10.5 Å². The number of nitrogens with one attached hydrogen (secondary N) is 1. The summed E-state index contributed by atoms with van der Waals surface area (Å²) in [5, 5.41) is 12.9. The topological polar surface area (TPSA) is 81.5 Å². The lowest BCUT2D eigenvalue weighted by Crippen LogP contribution is -2.33. The highest BCUT2D eigenvalue weighted by atomic mass is 16.7. The average molecular weight is 458 g/mol. The molecule has 1 unspecified atom stereocenters. The Kier molecular flexibility index (Phi) is 5.90. The summed E-state index contributed by atoms with van der Waals surface area (Å²) < 4.78 is 7.42. The van der Waals surface area contributed by atoms with Gasteiger partial charge in [-0.1, -0.05) is 47.7 Å². The van der Waals surface area contributed by atoms with Crippen molar-refractivity contribution in [2.24, 2.45) is 0 Å². The molecule has 8 nitrogen and oxygen atoms in total. The third-order valence-corrected chi connectivity index (χ3v) is 6.02. The van der Waals surface area contributed by atoms with Crippen LogP contribution in [0.25, 0.3) is 22.2 Å². The molecule has 2 heterocycles. The van der Waals surface area contributed by atoms with E-state index in [0.29, 0.717) is 18.0 Å². The van der Waals surface area contributed by atoms with Crippen LogP contribution in [-0.4, -0.2) is 39.8 Å². The van der Waals surface area contributed by atoms with Gasteiger partial charge in [-0.25, -0.2) is 9.48 Å². The first kappa shape index (κ1) is 21.9. The Morgan fingerprint density at radius 1 is 1.09 bits per heavy atom. The molecule has 0 spiro atoms. The number of hydroxylamine groups is 2. The summed E-state index contributed by atoms with van der Waals surface area (Å²) in [5.74, 6) is 0.572. The molecule has 3 aromatic carbocycles. The Labute approximate surface area is 198 Å². The molecule has 1 atom stereocenters. The van der Waals surface area contributed by atoms with Gasteiger partial charge in [0, 0.05) is 12.5 Å². The van der Waals surface area contributed by atoms with E-state index in [1.807, 2.05) is 65.3 Å². The highest BCUT2D eigenvalue weighted by Crippen LogP contribution is 2.34. The first-order valence-corrected chi connectivity index (χ1v) is 11.4. The Morgan fingerprint density at radius 2 is 1.85 bits per heavy atom. The number of urea groups is 1. The zero-order valence-corrected chi connectivity index (χ0v) is 19.4. The monoisotopic (exact) mass is 457 g/mol. The van der Waals surface area contributed by atoms with E-state index in [1.54, 1.807) is 7.11 Å². The predicted octanol–water partition coefficient (Wildman–Crippen LogP) is 5.60. The molecule has 174 valence electrons. The van der Waals surface area contributed by atoms with Crippen LogP contribution in [0.15, 0.2) is 66.7 Å². The van der Waals surface area contributed by atoms with Crippen molar-refractivity contribution < 1.29 is 14.4 Å². The molecule has 1 aliphatic heterocycles. The van der Waals surface area contributed by atoms with Gasteiger partial charge in [-0.15, -0.1) is 5.10 Å². The van der Waals surface area contributed by atoms with Crippen molar-refractivity contribution in [3.05, 3.63) is 72.3 Å². The molecule has 2 amide bonds. The van der Waals surface area contributed by atoms with E-state index >= 15 is 0 Å². The molecule has 0 aliphatic carbocycles. The molecule has 1 N–H and O–H groups in total. The second kappa shape index (κ2) is 9.15. The minimum absolute atomic E-state index is 0.137. The van der Waals surface area contributed by atoms with Gasteiger partial charge < -0.3 is 10.1 Å². The summed E-state index contributed by atoms with van der Waals surface area (Å²) in [5.41, 5.74) is 5.36. The molecule has 0 bridgehead atoms. The van der Waals surface area contributed by atoms with Crippen molar-refractivity contribution in [2.75, 3.05) is 19.0 Å². The van der Waals surface area contributed by atoms with Gasteiger partial charge in [0.2, 0.25) is 0 Å². The second-order valence-electron chi connectivity index (χ2n) is 8.55. The summed E-state index contributed by atoms with van der Waals surface area (Å²) in [7, 11) is 1.59. The van der Waals surface area contributed by atoms with Crippen molar-refractivity contribution in [1.82, 2.24) is 20.1 Å². The Morgan fingerprint density at radius 3 is 2.62 bits per heavy atom. The number of hydrogen-bond donors (Lipinski definition) is 1. The van der Waals surface area contributed by atoms with Crippen LogP contribution in [0, 0.1) is 0 Å². The third kappa shape index (κ3) is 4.08. The summed E-state index contributed by atoms with van der Waals surface area (Å²) in [6.45, 7) is 4.64. The standard InChI is InChI=1S/C26H27N5O3/c1-17(2)30-24-16-20(9-11-21(24)28-29-30)19-10-12-25(33-3)22(15-19)27-26(32)31-23(13-14-34-31)18-7-5-4-6-8-18/h4-12,15-17,23H,13-14H2,1-3H3,(H,27,32). The quantitative estimate of drug-likeness (QED) is 0.422. The summed E-state index contributed by atoms with van der Waals surface area (Å²) in [6.07, 6.45) is 0.742. The molecule has 0 radical (unpaired) electrons. The van der Waals surface area contributed by atoms with E-state index in [9.17, 15) is 4.79 Å². The fraction of sp³-hybridized carbons (Fsp3) is 0.269. The lowest BCUT2D eigenvalue weighted by molar-refractivity contribution is -0.0829. The molecule has 1 aromatic heterocycles. The zero-order valence-electron chi connectivity index (χ0n) is 19.4. The zero-order chi connectivity index (χ0) is 23.7. The maximum atomic E-state index is 13.2. The van der Waals surface area contributed by atoms with Crippen molar-refractivity contribution in [3.63, 3.8) is 0 Å². The fourth-order valence-electron chi connectivity index (χ4n) is 4.30. The Hall–Kier alpha value is -3.91. The summed E-state index contributed by atoms with van der Waals surface area (Å²) in [6, 6.07) is 21.4. The number of fused-ring (bicyclic) bond motifs is 1. The number of nitrogens with zero attached hydrogens (tertiary/aromatic N) is 4. The number of ether oxygens (including phenoxy) is 1. The molecular formula is C26H27N5O3. The highest BCUT2D eigenvalue weighted by molar-refractivity contribution is 5.92. The van der Waals surface area contributed by atoms with Gasteiger partial charge >= 0.3 is 6.03 Å². The Balaban J connectivity index is 1.44. The predicted molar refractivity (Wildman–Crippen MR) is 131 cm³/mol. The van der Waals surface area contributed by atoms with E-state index in [2.05, 4.69) is 35.5 Å². The van der Waals surface area contributed by atoms with E-state index in [0.717, 1.165) is 34.1 Å². The van der Waals surface area contributed by atoms with Crippen LogP contribution in [0.3, 0.4) is 0 Å². The maximum Gasteiger partial charge on any atom is 0.346 e. The van der Waals surface area contributed by atoms with Crippen LogP contribution in [0.5, 0.6) is 5.75 Å².